The van der Waals surface area contributed by atoms with Crippen LogP contribution in [0.4, 0.5) is 34.1 Å². The third-order valence-electron chi connectivity index (χ3n) is 5.14. The SMILES string of the molecule is CCc1c(C)c(N)c2c(c1N)Cc1c(N)c(N)c(N)c(N)c1C2. The molecule has 0 aromatic heterocycles. The second-order valence-corrected chi connectivity index (χ2v) is 6.21. The van der Waals surface area contributed by atoms with Gasteiger partial charge in [0.1, 0.15) is 0 Å². The van der Waals surface area contributed by atoms with E-state index in [1.165, 1.54) is 0 Å². The van der Waals surface area contributed by atoms with E-state index < -0.39 is 0 Å². The summed E-state index contributed by atoms with van der Waals surface area (Å²) in [5, 5.41) is 0. The molecule has 0 spiro atoms. The number of hydrogen-bond acceptors (Lipinski definition) is 6. The summed E-state index contributed by atoms with van der Waals surface area (Å²) in [6.07, 6.45) is 1.99. The zero-order valence-corrected chi connectivity index (χ0v) is 13.6. The standard InChI is InChI=1S/C17H24N6/c1-3-7-6(2)12(18)8-4-10-11(5-9(8)13(7)19)15(21)17(23)16(22)14(10)20/h3-5,18-23H2,1-2H3. The van der Waals surface area contributed by atoms with Crippen LogP contribution < -0.4 is 34.4 Å². The Kier molecular flexibility index (Phi) is 3.21. The number of fused-ring (bicyclic) bond motifs is 2. The fourth-order valence-electron chi connectivity index (χ4n) is 3.66. The van der Waals surface area contributed by atoms with Crippen molar-refractivity contribution in [3.8, 4) is 0 Å². The second-order valence-electron chi connectivity index (χ2n) is 6.21. The number of hydrogen-bond donors (Lipinski definition) is 6. The minimum Gasteiger partial charge on any atom is -0.398 e. The van der Waals surface area contributed by atoms with Gasteiger partial charge in [-0.1, -0.05) is 6.92 Å². The highest BCUT2D eigenvalue weighted by Gasteiger charge is 2.28. The van der Waals surface area contributed by atoms with Gasteiger partial charge in [-0.05, 0) is 46.7 Å². The van der Waals surface area contributed by atoms with Crippen LogP contribution in [-0.2, 0) is 19.3 Å². The fourth-order valence-corrected chi connectivity index (χ4v) is 3.66. The Hall–Kier alpha value is -2.76. The maximum absolute atomic E-state index is 6.41. The minimum atomic E-state index is 0.346. The van der Waals surface area contributed by atoms with Crippen molar-refractivity contribution in [1.82, 2.24) is 0 Å². The number of nitrogens with two attached hydrogens (primary N) is 6. The van der Waals surface area contributed by atoms with Crippen LogP contribution in [0.3, 0.4) is 0 Å². The van der Waals surface area contributed by atoms with Crippen molar-refractivity contribution < 1.29 is 0 Å². The Balaban J connectivity index is 2.31. The highest BCUT2D eigenvalue weighted by Crippen LogP contribution is 2.45. The largest absolute Gasteiger partial charge is 0.398 e. The number of rotatable bonds is 1. The summed E-state index contributed by atoms with van der Waals surface area (Å²) in [5.74, 6) is 0. The van der Waals surface area contributed by atoms with Gasteiger partial charge >= 0.3 is 0 Å². The maximum Gasteiger partial charge on any atom is 0.0805 e. The molecule has 0 fully saturated rings. The lowest BCUT2D eigenvalue weighted by atomic mass is 9.79. The smallest absolute Gasteiger partial charge is 0.0805 e. The van der Waals surface area contributed by atoms with Crippen LogP contribution in [0.25, 0.3) is 0 Å². The molecule has 23 heavy (non-hydrogen) atoms. The van der Waals surface area contributed by atoms with Crippen LogP contribution in [0.5, 0.6) is 0 Å². The van der Waals surface area contributed by atoms with E-state index >= 15 is 0 Å². The predicted molar refractivity (Wildman–Crippen MR) is 99.1 cm³/mol. The zero-order chi connectivity index (χ0) is 17.0. The lowest BCUT2D eigenvalue weighted by Crippen LogP contribution is -2.20. The van der Waals surface area contributed by atoms with Crippen molar-refractivity contribution in [2.24, 2.45) is 0 Å². The van der Waals surface area contributed by atoms with Crippen molar-refractivity contribution in [3.63, 3.8) is 0 Å². The summed E-state index contributed by atoms with van der Waals surface area (Å²) in [6, 6.07) is 0. The van der Waals surface area contributed by atoms with Gasteiger partial charge in [0.2, 0.25) is 0 Å². The van der Waals surface area contributed by atoms with Crippen molar-refractivity contribution in [3.05, 3.63) is 33.4 Å². The maximum atomic E-state index is 6.41. The Bertz CT molecular complexity index is 838. The van der Waals surface area contributed by atoms with Crippen molar-refractivity contribution >= 4 is 34.1 Å². The van der Waals surface area contributed by atoms with Gasteiger partial charge in [-0.2, -0.15) is 0 Å². The summed E-state index contributed by atoms with van der Waals surface area (Å²) < 4.78 is 0. The van der Waals surface area contributed by atoms with E-state index in [2.05, 4.69) is 6.92 Å². The molecule has 0 saturated heterocycles. The van der Waals surface area contributed by atoms with Crippen molar-refractivity contribution in [2.75, 3.05) is 34.4 Å². The van der Waals surface area contributed by atoms with Crippen molar-refractivity contribution in [1.29, 1.82) is 0 Å². The van der Waals surface area contributed by atoms with E-state index in [1.807, 2.05) is 6.92 Å². The van der Waals surface area contributed by atoms with E-state index in [4.69, 9.17) is 34.4 Å². The molecule has 0 heterocycles. The topological polar surface area (TPSA) is 156 Å². The quantitative estimate of drug-likeness (QED) is 0.374. The molecule has 3 rings (SSSR count). The highest BCUT2D eigenvalue weighted by molar-refractivity contribution is 5.92. The molecule has 6 nitrogen and oxygen atoms in total. The third kappa shape index (κ3) is 1.87. The predicted octanol–water partition coefficient (Wildman–Crippen LogP) is 1.55. The van der Waals surface area contributed by atoms with Gasteiger partial charge in [0, 0.05) is 24.2 Å². The van der Waals surface area contributed by atoms with Gasteiger partial charge in [0.15, 0.2) is 0 Å². The van der Waals surface area contributed by atoms with Gasteiger partial charge < -0.3 is 34.4 Å². The summed E-state index contributed by atoms with van der Waals surface area (Å²) in [7, 11) is 0. The molecule has 2 aromatic rings. The second kappa shape index (κ2) is 4.87. The average molecular weight is 312 g/mol. The Morgan fingerprint density at radius 1 is 0.609 bits per heavy atom. The number of benzene rings is 2. The van der Waals surface area contributed by atoms with Gasteiger partial charge in [-0.15, -0.1) is 0 Å². The van der Waals surface area contributed by atoms with E-state index in [-0.39, 0.29) is 0 Å². The molecule has 1 aliphatic rings. The van der Waals surface area contributed by atoms with Gasteiger partial charge in [-0.3, -0.25) is 0 Å². The fraction of sp³-hybridized carbons (Fsp3) is 0.294. The molecule has 0 aliphatic heterocycles. The minimum absolute atomic E-state index is 0.346. The van der Waals surface area contributed by atoms with Crippen LogP contribution in [0, 0.1) is 6.92 Å². The number of nitrogen functional groups attached to an aromatic ring is 6. The first-order valence-corrected chi connectivity index (χ1v) is 7.71. The van der Waals surface area contributed by atoms with Crippen LogP contribution in [-0.4, -0.2) is 0 Å². The molecule has 6 heteroatoms. The normalized spacial score (nSPS) is 12.8. The molecule has 0 atom stereocenters. The van der Waals surface area contributed by atoms with Gasteiger partial charge in [0.25, 0.3) is 0 Å². The van der Waals surface area contributed by atoms with Crippen LogP contribution in [0.2, 0.25) is 0 Å². The first-order chi connectivity index (χ1) is 10.8. The summed E-state index contributed by atoms with van der Waals surface area (Å²) >= 11 is 0. The molecule has 0 bridgehead atoms. The first-order valence-electron chi connectivity index (χ1n) is 7.71. The van der Waals surface area contributed by atoms with Crippen molar-refractivity contribution in [2.45, 2.75) is 33.1 Å². The highest BCUT2D eigenvalue weighted by atomic mass is 14.8. The third-order valence-corrected chi connectivity index (χ3v) is 5.14. The average Bonchev–Trinajstić information content (AvgIpc) is 2.55. The summed E-state index contributed by atoms with van der Waals surface area (Å²) in [6.45, 7) is 4.09. The van der Waals surface area contributed by atoms with E-state index in [0.717, 1.165) is 51.2 Å². The molecule has 0 radical (unpaired) electrons. The molecule has 0 amide bonds. The number of anilines is 6. The van der Waals surface area contributed by atoms with E-state index in [0.29, 0.717) is 35.6 Å². The molecule has 2 aromatic carbocycles. The summed E-state index contributed by atoms with van der Waals surface area (Å²) in [5.41, 5.74) is 46.4. The van der Waals surface area contributed by atoms with Crippen LogP contribution in [0.1, 0.15) is 40.3 Å². The molecule has 122 valence electrons. The van der Waals surface area contributed by atoms with Crippen LogP contribution in [0.15, 0.2) is 0 Å². The monoisotopic (exact) mass is 312 g/mol. The lowest BCUT2D eigenvalue weighted by molar-refractivity contribution is 0.993. The molecule has 12 N–H and O–H groups in total. The van der Waals surface area contributed by atoms with Gasteiger partial charge in [0.05, 0.1) is 22.7 Å². The first kappa shape index (κ1) is 15.1. The zero-order valence-electron chi connectivity index (χ0n) is 13.6. The Morgan fingerprint density at radius 2 is 1.00 bits per heavy atom. The van der Waals surface area contributed by atoms with Gasteiger partial charge in [-0.25, -0.2) is 0 Å². The Morgan fingerprint density at radius 3 is 1.43 bits per heavy atom. The summed E-state index contributed by atoms with van der Waals surface area (Å²) in [4.78, 5) is 0. The van der Waals surface area contributed by atoms with E-state index in [1.54, 1.807) is 0 Å². The van der Waals surface area contributed by atoms with E-state index in [9.17, 15) is 0 Å². The van der Waals surface area contributed by atoms with Crippen LogP contribution >= 0.6 is 0 Å². The molecule has 0 saturated carbocycles. The lowest BCUT2D eigenvalue weighted by Gasteiger charge is -2.29. The molecule has 1 aliphatic carbocycles. The molecular formula is C17H24N6. The molecular weight excluding hydrogens is 288 g/mol. The molecule has 0 unspecified atom stereocenters. The Labute approximate surface area is 135 Å².